The first-order chi connectivity index (χ1) is 8.27. The van der Waals surface area contributed by atoms with E-state index in [0.29, 0.717) is 6.54 Å². The molecule has 1 aromatic rings. The summed E-state index contributed by atoms with van der Waals surface area (Å²) in [6.45, 7) is 4.55. The lowest BCUT2D eigenvalue weighted by atomic mass is 9.93. The maximum Gasteiger partial charge on any atom is 0.240 e. The number of carbonyl (C=O) groups excluding carboxylic acids is 1. The van der Waals surface area contributed by atoms with E-state index in [-0.39, 0.29) is 11.4 Å². The zero-order valence-electron chi connectivity index (χ0n) is 10.4. The second-order valence-electron chi connectivity index (χ2n) is 4.64. The fourth-order valence-electron chi connectivity index (χ4n) is 2.45. The third kappa shape index (κ3) is 2.69. The van der Waals surface area contributed by atoms with Gasteiger partial charge in [0.2, 0.25) is 5.91 Å². The largest absolute Gasteiger partial charge is 0.353 e. The summed E-state index contributed by atoms with van der Waals surface area (Å²) in [6, 6.07) is 3.99. The van der Waals surface area contributed by atoms with E-state index in [1.54, 1.807) is 0 Å². The summed E-state index contributed by atoms with van der Waals surface area (Å²) in [6.07, 6.45) is 6.94. The SMILES string of the molecule is CCC1(C(=O)NCCn2cccc2)CCCN1. The molecular weight excluding hydrogens is 214 g/mol. The van der Waals surface area contributed by atoms with Gasteiger partial charge in [-0.15, -0.1) is 0 Å². The fraction of sp³-hybridized carbons (Fsp3) is 0.615. The minimum absolute atomic E-state index is 0.157. The van der Waals surface area contributed by atoms with Crippen LogP contribution in [0, 0.1) is 0 Å². The third-order valence-electron chi connectivity index (χ3n) is 3.60. The average Bonchev–Trinajstić information content (AvgIpc) is 3.00. The van der Waals surface area contributed by atoms with E-state index in [0.717, 1.165) is 32.4 Å². The molecule has 1 aliphatic rings. The van der Waals surface area contributed by atoms with Gasteiger partial charge in [0.25, 0.3) is 0 Å². The Morgan fingerprint density at radius 2 is 2.24 bits per heavy atom. The summed E-state index contributed by atoms with van der Waals surface area (Å²) >= 11 is 0. The Morgan fingerprint density at radius 3 is 2.82 bits per heavy atom. The van der Waals surface area contributed by atoms with Crippen molar-refractivity contribution in [2.24, 2.45) is 0 Å². The first-order valence-corrected chi connectivity index (χ1v) is 6.41. The molecule has 0 aliphatic carbocycles. The van der Waals surface area contributed by atoms with Crippen LogP contribution in [0.3, 0.4) is 0 Å². The lowest BCUT2D eigenvalue weighted by Gasteiger charge is -2.26. The molecule has 1 atom stereocenters. The molecule has 2 rings (SSSR count). The Kier molecular flexibility index (Phi) is 3.84. The number of hydrogen-bond donors (Lipinski definition) is 2. The quantitative estimate of drug-likeness (QED) is 0.804. The van der Waals surface area contributed by atoms with Gasteiger partial charge in [-0.2, -0.15) is 0 Å². The van der Waals surface area contributed by atoms with Gasteiger partial charge >= 0.3 is 0 Å². The standard InChI is InChI=1S/C13H21N3O/c1-2-13(6-5-7-15-13)12(17)14-8-11-16-9-3-4-10-16/h3-4,9-10,15H,2,5-8,11H2,1H3,(H,14,17). The Hall–Kier alpha value is -1.29. The highest BCUT2D eigenvalue weighted by molar-refractivity contribution is 5.86. The molecule has 0 bridgehead atoms. The van der Waals surface area contributed by atoms with Crippen LogP contribution in [0.2, 0.25) is 0 Å². The number of nitrogens with zero attached hydrogens (tertiary/aromatic N) is 1. The van der Waals surface area contributed by atoms with Crippen LogP contribution in [0.1, 0.15) is 26.2 Å². The maximum absolute atomic E-state index is 12.1. The van der Waals surface area contributed by atoms with E-state index in [2.05, 4.69) is 22.1 Å². The topological polar surface area (TPSA) is 46.1 Å². The van der Waals surface area contributed by atoms with E-state index in [4.69, 9.17) is 0 Å². The summed E-state index contributed by atoms with van der Waals surface area (Å²) in [5.74, 6) is 0.157. The zero-order chi connectivity index (χ0) is 12.1. The van der Waals surface area contributed by atoms with Crippen LogP contribution in [0.4, 0.5) is 0 Å². The highest BCUT2D eigenvalue weighted by atomic mass is 16.2. The Balaban J connectivity index is 1.80. The zero-order valence-corrected chi connectivity index (χ0v) is 10.4. The number of nitrogens with one attached hydrogen (secondary N) is 2. The van der Waals surface area contributed by atoms with Gasteiger partial charge in [0.1, 0.15) is 0 Å². The summed E-state index contributed by atoms with van der Waals surface area (Å²) in [4.78, 5) is 12.1. The first kappa shape index (κ1) is 12.2. The monoisotopic (exact) mass is 235 g/mol. The predicted octanol–water partition coefficient (Wildman–Crippen LogP) is 1.14. The number of aromatic nitrogens is 1. The molecule has 0 radical (unpaired) electrons. The summed E-state index contributed by atoms with van der Waals surface area (Å²) in [7, 11) is 0. The highest BCUT2D eigenvalue weighted by Crippen LogP contribution is 2.22. The number of amides is 1. The maximum atomic E-state index is 12.1. The molecule has 2 heterocycles. The lowest BCUT2D eigenvalue weighted by molar-refractivity contribution is -0.127. The number of hydrogen-bond acceptors (Lipinski definition) is 2. The molecule has 1 fully saturated rings. The summed E-state index contributed by atoms with van der Waals surface area (Å²) in [5.41, 5.74) is -0.309. The van der Waals surface area contributed by atoms with Gasteiger partial charge in [0, 0.05) is 25.5 Å². The Morgan fingerprint density at radius 1 is 1.47 bits per heavy atom. The molecule has 0 aromatic carbocycles. The van der Waals surface area contributed by atoms with Gasteiger partial charge in [-0.3, -0.25) is 4.79 Å². The molecular formula is C13H21N3O. The molecule has 0 spiro atoms. The molecule has 17 heavy (non-hydrogen) atoms. The van der Waals surface area contributed by atoms with Crippen LogP contribution in [0.15, 0.2) is 24.5 Å². The van der Waals surface area contributed by atoms with E-state index in [9.17, 15) is 4.79 Å². The van der Waals surface area contributed by atoms with Gasteiger partial charge in [-0.05, 0) is 37.9 Å². The molecule has 1 saturated heterocycles. The molecule has 4 nitrogen and oxygen atoms in total. The van der Waals surface area contributed by atoms with E-state index < -0.39 is 0 Å². The van der Waals surface area contributed by atoms with Crippen molar-refractivity contribution in [2.75, 3.05) is 13.1 Å². The van der Waals surface area contributed by atoms with E-state index >= 15 is 0 Å². The van der Waals surface area contributed by atoms with Crippen molar-refractivity contribution >= 4 is 5.91 Å². The summed E-state index contributed by atoms with van der Waals surface area (Å²) < 4.78 is 2.07. The molecule has 1 aliphatic heterocycles. The van der Waals surface area contributed by atoms with Gasteiger partial charge < -0.3 is 15.2 Å². The normalized spacial score (nSPS) is 23.8. The van der Waals surface area contributed by atoms with Crippen LogP contribution in [0.25, 0.3) is 0 Å². The number of rotatable bonds is 5. The smallest absolute Gasteiger partial charge is 0.240 e. The molecule has 4 heteroatoms. The van der Waals surface area contributed by atoms with Crippen molar-refractivity contribution in [3.63, 3.8) is 0 Å². The van der Waals surface area contributed by atoms with Crippen molar-refractivity contribution in [2.45, 2.75) is 38.3 Å². The van der Waals surface area contributed by atoms with E-state index in [1.807, 2.05) is 24.5 Å². The lowest BCUT2D eigenvalue weighted by Crippen LogP contribution is -2.53. The van der Waals surface area contributed by atoms with Gasteiger partial charge in [0.15, 0.2) is 0 Å². The fourth-order valence-corrected chi connectivity index (χ4v) is 2.45. The molecule has 94 valence electrons. The van der Waals surface area contributed by atoms with Gasteiger partial charge in [-0.1, -0.05) is 6.92 Å². The van der Waals surface area contributed by atoms with Crippen LogP contribution < -0.4 is 10.6 Å². The highest BCUT2D eigenvalue weighted by Gasteiger charge is 2.38. The van der Waals surface area contributed by atoms with E-state index in [1.165, 1.54) is 0 Å². The second kappa shape index (κ2) is 5.36. The summed E-state index contributed by atoms with van der Waals surface area (Å²) in [5, 5.41) is 6.38. The molecule has 1 unspecified atom stereocenters. The van der Waals surface area contributed by atoms with Crippen LogP contribution in [-0.2, 0) is 11.3 Å². The molecule has 2 N–H and O–H groups in total. The van der Waals surface area contributed by atoms with Gasteiger partial charge in [0.05, 0.1) is 5.54 Å². The third-order valence-corrected chi connectivity index (χ3v) is 3.60. The predicted molar refractivity (Wildman–Crippen MR) is 67.7 cm³/mol. The molecule has 1 aromatic heterocycles. The minimum atomic E-state index is -0.309. The van der Waals surface area contributed by atoms with Crippen LogP contribution in [0.5, 0.6) is 0 Å². The minimum Gasteiger partial charge on any atom is -0.353 e. The van der Waals surface area contributed by atoms with Gasteiger partial charge in [-0.25, -0.2) is 0 Å². The Bertz CT molecular complexity index is 353. The molecule has 0 saturated carbocycles. The Labute approximate surface area is 102 Å². The van der Waals surface area contributed by atoms with Crippen molar-refractivity contribution < 1.29 is 4.79 Å². The van der Waals surface area contributed by atoms with Crippen molar-refractivity contribution in [1.82, 2.24) is 15.2 Å². The van der Waals surface area contributed by atoms with Crippen LogP contribution >= 0.6 is 0 Å². The van der Waals surface area contributed by atoms with Crippen molar-refractivity contribution in [1.29, 1.82) is 0 Å². The van der Waals surface area contributed by atoms with Crippen molar-refractivity contribution in [3.8, 4) is 0 Å². The number of carbonyl (C=O) groups is 1. The van der Waals surface area contributed by atoms with Crippen molar-refractivity contribution in [3.05, 3.63) is 24.5 Å². The van der Waals surface area contributed by atoms with Crippen LogP contribution in [-0.4, -0.2) is 29.1 Å². The first-order valence-electron chi connectivity index (χ1n) is 6.41. The molecule has 1 amide bonds. The average molecular weight is 235 g/mol. The second-order valence-corrected chi connectivity index (χ2v) is 4.64.